The third-order valence-corrected chi connectivity index (χ3v) is 3.99. The van der Waals surface area contributed by atoms with E-state index in [1.807, 2.05) is 31.2 Å². The Balaban J connectivity index is 1.75. The monoisotopic (exact) mass is 260 g/mol. The molecule has 0 radical (unpaired) electrons. The number of hydrogen-bond donors (Lipinski definition) is 2. The maximum Gasteiger partial charge on any atom is 0.238 e. The van der Waals surface area contributed by atoms with Gasteiger partial charge in [0.1, 0.15) is 0 Å². The summed E-state index contributed by atoms with van der Waals surface area (Å²) in [6.45, 7) is 4.61. The van der Waals surface area contributed by atoms with Crippen LogP contribution in [0.4, 0.5) is 5.69 Å². The van der Waals surface area contributed by atoms with Crippen molar-refractivity contribution in [2.24, 2.45) is 5.92 Å². The molecule has 0 bridgehead atoms. The van der Waals surface area contributed by atoms with Gasteiger partial charge in [0.25, 0.3) is 0 Å². The van der Waals surface area contributed by atoms with E-state index >= 15 is 0 Å². The Bertz CT molecular complexity index is 425. The number of carbonyl (C=O) groups excluding carboxylic acids is 1. The number of aryl methyl sites for hydroxylation is 1. The molecule has 2 rings (SSSR count). The van der Waals surface area contributed by atoms with Gasteiger partial charge in [-0.2, -0.15) is 0 Å². The summed E-state index contributed by atoms with van der Waals surface area (Å²) in [6.07, 6.45) is 5.28. The number of benzene rings is 1. The van der Waals surface area contributed by atoms with Gasteiger partial charge in [0.2, 0.25) is 5.91 Å². The van der Waals surface area contributed by atoms with Crippen LogP contribution in [0.3, 0.4) is 0 Å². The van der Waals surface area contributed by atoms with Gasteiger partial charge in [0.05, 0.1) is 6.54 Å². The molecule has 0 saturated heterocycles. The van der Waals surface area contributed by atoms with E-state index in [2.05, 4.69) is 17.6 Å². The van der Waals surface area contributed by atoms with Crippen LogP contribution in [0.25, 0.3) is 0 Å². The van der Waals surface area contributed by atoms with Gasteiger partial charge >= 0.3 is 0 Å². The molecular formula is C16H24N2O. The van der Waals surface area contributed by atoms with Gasteiger partial charge in [0, 0.05) is 11.7 Å². The number of rotatable bonds is 5. The fraction of sp³-hybridized carbons (Fsp3) is 0.562. The van der Waals surface area contributed by atoms with E-state index in [-0.39, 0.29) is 5.91 Å². The Morgan fingerprint density at radius 1 is 1.37 bits per heavy atom. The lowest BCUT2D eigenvalue weighted by atomic mass is 10.00. The number of nitrogens with one attached hydrogen (secondary N) is 2. The zero-order chi connectivity index (χ0) is 13.7. The lowest BCUT2D eigenvalue weighted by Crippen LogP contribution is -2.38. The van der Waals surface area contributed by atoms with Gasteiger partial charge in [-0.3, -0.25) is 4.79 Å². The molecule has 1 saturated carbocycles. The SMILES string of the molecule is Cc1cccc(NC(=O)CN[C@H](C)C2CCCC2)c1. The maximum absolute atomic E-state index is 11.9. The third-order valence-electron chi connectivity index (χ3n) is 3.99. The van der Waals surface area contributed by atoms with Gasteiger partial charge in [0.15, 0.2) is 0 Å². The Hall–Kier alpha value is -1.35. The average molecular weight is 260 g/mol. The molecule has 1 fully saturated rings. The van der Waals surface area contributed by atoms with Gasteiger partial charge in [-0.25, -0.2) is 0 Å². The Labute approximate surface area is 115 Å². The van der Waals surface area contributed by atoms with E-state index in [1.54, 1.807) is 0 Å². The molecule has 1 amide bonds. The van der Waals surface area contributed by atoms with Crippen molar-refractivity contribution in [3.8, 4) is 0 Å². The van der Waals surface area contributed by atoms with E-state index < -0.39 is 0 Å². The smallest absolute Gasteiger partial charge is 0.238 e. The summed E-state index contributed by atoms with van der Waals surface area (Å²) >= 11 is 0. The van der Waals surface area contributed by atoms with E-state index in [0.717, 1.165) is 17.2 Å². The zero-order valence-corrected chi connectivity index (χ0v) is 11.9. The number of carbonyl (C=O) groups is 1. The summed E-state index contributed by atoms with van der Waals surface area (Å²) in [7, 11) is 0. The summed E-state index contributed by atoms with van der Waals surface area (Å²) in [5.41, 5.74) is 2.03. The van der Waals surface area contributed by atoms with Crippen LogP contribution >= 0.6 is 0 Å². The van der Waals surface area contributed by atoms with Crippen LogP contribution in [-0.2, 0) is 4.79 Å². The summed E-state index contributed by atoms with van der Waals surface area (Å²) in [5.74, 6) is 0.780. The minimum atomic E-state index is 0.0375. The molecule has 0 spiro atoms. The molecular weight excluding hydrogens is 236 g/mol. The average Bonchev–Trinajstić information content (AvgIpc) is 2.90. The molecule has 1 aromatic carbocycles. The Morgan fingerprint density at radius 2 is 2.11 bits per heavy atom. The summed E-state index contributed by atoms with van der Waals surface area (Å²) in [4.78, 5) is 11.9. The summed E-state index contributed by atoms with van der Waals surface area (Å²) in [5, 5.41) is 6.27. The molecule has 1 aliphatic rings. The molecule has 19 heavy (non-hydrogen) atoms. The second-order valence-electron chi connectivity index (χ2n) is 5.63. The lowest BCUT2D eigenvalue weighted by molar-refractivity contribution is -0.115. The molecule has 1 atom stereocenters. The summed E-state index contributed by atoms with van der Waals surface area (Å²) < 4.78 is 0. The first-order chi connectivity index (χ1) is 9.15. The van der Waals surface area contributed by atoms with E-state index in [0.29, 0.717) is 12.6 Å². The van der Waals surface area contributed by atoms with Crippen molar-refractivity contribution >= 4 is 11.6 Å². The third kappa shape index (κ3) is 4.35. The molecule has 0 unspecified atom stereocenters. The van der Waals surface area contributed by atoms with Crippen LogP contribution in [0.5, 0.6) is 0 Å². The maximum atomic E-state index is 11.9. The predicted molar refractivity (Wildman–Crippen MR) is 79.2 cm³/mol. The minimum Gasteiger partial charge on any atom is -0.325 e. The topological polar surface area (TPSA) is 41.1 Å². The van der Waals surface area contributed by atoms with Crippen LogP contribution in [0.2, 0.25) is 0 Å². The van der Waals surface area contributed by atoms with Crippen LogP contribution in [-0.4, -0.2) is 18.5 Å². The second-order valence-corrected chi connectivity index (χ2v) is 5.63. The van der Waals surface area contributed by atoms with E-state index in [4.69, 9.17) is 0 Å². The fourth-order valence-corrected chi connectivity index (χ4v) is 2.81. The van der Waals surface area contributed by atoms with Crippen molar-refractivity contribution in [3.63, 3.8) is 0 Å². The van der Waals surface area contributed by atoms with Gasteiger partial charge < -0.3 is 10.6 Å². The van der Waals surface area contributed by atoms with E-state index in [9.17, 15) is 4.79 Å². The van der Waals surface area contributed by atoms with Crippen molar-refractivity contribution in [1.29, 1.82) is 0 Å². The van der Waals surface area contributed by atoms with Crippen LogP contribution in [0.1, 0.15) is 38.2 Å². The highest BCUT2D eigenvalue weighted by molar-refractivity contribution is 5.92. The van der Waals surface area contributed by atoms with Crippen molar-refractivity contribution in [3.05, 3.63) is 29.8 Å². The summed E-state index contributed by atoms with van der Waals surface area (Å²) in [6, 6.07) is 8.32. The van der Waals surface area contributed by atoms with E-state index in [1.165, 1.54) is 25.7 Å². The first-order valence-corrected chi connectivity index (χ1v) is 7.25. The van der Waals surface area contributed by atoms with Crippen molar-refractivity contribution in [2.45, 2.75) is 45.6 Å². The van der Waals surface area contributed by atoms with Crippen LogP contribution < -0.4 is 10.6 Å². The molecule has 3 heteroatoms. The molecule has 1 aliphatic carbocycles. The standard InChI is InChI=1S/C16H24N2O/c1-12-6-5-9-15(10-12)18-16(19)11-17-13(2)14-7-3-4-8-14/h5-6,9-10,13-14,17H,3-4,7-8,11H2,1-2H3,(H,18,19)/t13-/m1/s1. The van der Waals surface area contributed by atoms with Crippen LogP contribution in [0.15, 0.2) is 24.3 Å². The Morgan fingerprint density at radius 3 is 2.79 bits per heavy atom. The first kappa shape index (κ1) is 14.1. The normalized spacial score (nSPS) is 17.4. The lowest BCUT2D eigenvalue weighted by Gasteiger charge is -2.20. The van der Waals surface area contributed by atoms with Crippen molar-refractivity contribution in [1.82, 2.24) is 5.32 Å². The zero-order valence-electron chi connectivity index (χ0n) is 11.9. The number of anilines is 1. The van der Waals surface area contributed by atoms with Gasteiger partial charge in [-0.15, -0.1) is 0 Å². The molecule has 0 aliphatic heterocycles. The second kappa shape index (κ2) is 6.71. The Kier molecular flexibility index (Phi) is 4.97. The first-order valence-electron chi connectivity index (χ1n) is 7.25. The fourth-order valence-electron chi connectivity index (χ4n) is 2.81. The van der Waals surface area contributed by atoms with Gasteiger partial charge in [-0.05, 0) is 50.3 Å². The minimum absolute atomic E-state index is 0.0375. The molecule has 1 aromatic rings. The molecule has 0 heterocycles. The molecule has 3 nitrogen and oxygen atoms in total. The highest BCUT2D eigenvalue weighted by atomic mass is 16.1. The largest absolute Gasteiger partial charge is 0.325 e. The quantitative estimate of drug-likeness (QED) is 0.854. The highest BCUT2D eigenvalue weighted by Crippen LogP contribution is 2.27. The number of amides is 1. The van der Waals surface area contributed by atoms with Crippen molar-refractivity contribution < 1.29 is 4.79 Å². The van der Waals surface area contributed by atoms with Gasteiger partial charge in [-0.1, -0.05) is 25.0 Å². The highest BCUT2D eigenvalue weighted by Gasteiger charge is 2.21. The van der Waals surface area contributed by atoms with Crippen LogP contribution in [0, 0.1) is 12.8 Å². The molecule has 2 N–H and O–H groups in total. The molecule has 0 aromatic heterocycles. The van der Waals surface area contributed by atoms with Crippen molar-refractivity contribution in [2.75, 3.05) is 11.9 Å². The molecule has 104 valence electrons. The number of hydrogen-bond acceptors (Lipinski definition) is 2. The predicted octanol–water partition coefficient (Wildman–Crippen LogP) is 3.10.